The number of hydrogen-bond donors (Lipinski definition) is 1. The topological polar surface area (TPSA) is 60.6 Å². The maximum Gasteiger partial charge on any atom is 0.139 e. The number of pyridine rings is 2. The van der Waals surface area contributed by atoms with Crippen molar-refractivity contribution in [3.63, 3.8) is 0 Å². The van der Waals surface area contributed by atoms with Gasteiger partial charge in [0.2, 0.25) is 0 Å². The van der Waals surface area contributed by atoms with Gasteiger partial charge < -0.3 is 10.1 Å². The fourth-order valence-corrected chi connectivity index (χ4v) is 2.40. The van der Waals surface area contributed by atoms with Gasteiger partial charge in [0.05, 0.1) is 0 Å². The monoisotopic (exact) mass is 263 g/mol. The van der Waals surface area contributed by atoms with E-state index in [1.165, 1.54) is 0 Å². The summed E-state index contributed by atoms with van der Waals surface area (Å²) in [5.74, 6) is 0.614. The average Bonchev–Trinajstić information content (AvgIpc) is 3.00. The molecular weight excluding hydrogens is 250 g/mol. The minimum absolute atomic E-state index is 0.614. The van der Waals surface area contributed by atoms with Crippen LogP contribution in [0.25, 0.3) is 22.7 Å². The second-order valence-corrected chi connectivity index (χ2v) is 4.87. The van der Waals surface area contributed by atoms with Crippen LogP contribution in [-0.4, -0.2) is 18.8 Å². The quantitative estimate of drug-likeness (QED) is 0.574. The summed E-state index contributed by atoms with van der Waals surface area (Å²) in [6.07, 6.45) is 5.84. The van der Waals surface area contributed by atoms with Gasteiger partial charge in [-0.2, -0.15) is 0 Å². The highest BCUT2D eigenvalue weighted by Crippen LogP contribution is 2.26. The summed E-state index contributed by atoms with van der Waals surface area (Å²) in [5, 5.41) is 0. The van der Waals surface area contributed by atoms with E-state index in [4.69, 9.17) is 5.73 Å². The van der Waals surface area contributed by atoms with Crippen LogP contribution in [0.4, 0.5) is 5.82 Å². The summed E-state index contributed by atoms with van der Waals surface area (Å²) in [7, 11) is 0. The molecule has 4 rings (SSSR count). The molecule has 0 fully saturated rings. The minimum Gasteiger partial charge on any atom is -0.383 e. The Hall–Kier alpha value is -2.82. The first-order valence-corrected chi connectivity index (χ1v) is 6.41. The number of nitrogens with two attached hydrogens (primary N) is 1. The fraction of sp³-hybridized carbons (Fsp3) is 0.0667. The summed E-state index contributed by atoms with van der Waals surface area (Å²) in [5.41, 5.74) is 10.6. The van der Waals surface area contributed by atoms with Crippen LogP contribution in [0.3, 0.4) is 0 Å². The van der Waals surface area contributed by atoms with Gasteiger partial charge in [-0.15, -0.1) is 0 Å². The summed E-state index contributed by atoms with van der Waals surface area (Å²) in [6.45, 7) is 2.04. The molecule has 0 bridgehead atoms. The van der Waals surface area contributed by atoms with Gasteiger partial charge in [-0.1, -0.05) is 6.07 Å². The number of hydrogen-bond acceptors (Lipinski definition) is 3. The second-order valence-electron chi connectivity index (χ2n) is 4.87. The number of aryl methyl sites for hydroxylation is 1. The molecule has 0 atom stereocenters. The molecule has 0 aromatic carbocycles. The molecule has 0 aliphatic carbocycles. The van der Waals surface area contributed by atoms with Crippen molar-refractivity contribution in [3.05, 3.63) is 54.5 Å². The maximum atomic E-state index is 6.19. The summed E-state index contributed by atoms with van der Waals surface area (Å²) in [6, 6.07) is 9.91. The highest BCUT2D eigenvalue weighted by molar-refractivity contribution is 5.74. The van der Waals surface area contributed by atoms with E-state index in [1.54, 1.807) is 0 Å². The Balaban J connectivity index is 1.99. The Bertz CT molecular complexity index is 899. The normalized spacial score (nSPS) is 11.4. The number of fused-ring (bicyclic) bond motifs is 2. The molecule has 0 saturated carbocycles. The number of imidazole rings is 2. The zero-order valence-electron chi connectivity index (χ0n) is 11.0. The van der Waals surface area contributed by atoms with Gasteiger partial charge in [0.25, 0.3) is 0 Å². The number of nitrogen functional groups attached to an aromatic ring is 1. The van der Waals surface area contributed by atoms with Gasteiger partial charge in [0.1, 0.15) is 28.5 Å². The van der Waals surface area contributed by atoms with Crippen molar-refractivity contribution < 1.29 is 0 Å². The zero-order valence-corrected chi connectivity index (χ0v) is 11.0. The summed E-state index contributed by atoms with van der Waals surface area (Å²) < 4.78 is 3.84. The first kappa shape index (κ1) is 11.0. The molecule has 2 N–H and O–H groups in total. The minimum atomic E-state index is 0.614. The van der Waals surface area contributed by atoms with Crippen LogP contribution in [0.2, 0.25) is 0 Å². The Kier molecular flexibility index (Phi) is 2.12. The third-order valence-corrected chi connectivity index (χ3v) is 3.43. The smallest absolute Gasteiger partial charge is 0.139 e. The van der Waals surface area contributed by atoms with Crippen molar-refractivity contribution in [2.24, 2.45) is 0 Å². The van der Waals surface area contributed by atoms with Crippen LogP contribution in [0.15, 0.2) is 48.9 Å². The van der Waals surface area contributed by atoms with Crippen LogP contribution in [-0.2, 0) is 0 Å². The van der Waals surface area contributed by atoms with E-state index in [0.29, 0.717) is 5.82 Å². The van der Waals surface area contributed by atoms with E-state index in [-0.39, 0.29) is 0 Å². The van der Waals surface area contributed by atoms with Gasteiger partial charge in [0, 0.05) is 18.6 Å². The molecule has 0 aliphatic rings. The Morgan fingerprint density at radius 3 is 2.80 bits per heavy atom. The SMILES string of the molecule is Cc1ccn2c(N)c(-c3cn4ccccc4n3)nc2c1. The molecule has 0 unspecified atom stereocenters. The van der Waals surface area contributed by atoms with E-state index in [0.717, 1.165) is 28.2 Å². The van der Waals surface area contributed by atoms with Crippen LogP contribution in [0.1, 0.15) is 5.56 Å². The molecule has 0 aliphatic heterocycles. The third kappa shape index (κ3) is 1.50. The average molecular weight is 263 g/mol. The Labute approximate surface area is 115 Å². The molecular formula is C15H13N5. The van der Waals surface area contributed by atoms with E-state index in [1.807, 2.05) is 64.6 Å². The lowest BCUT2D eigenvalue weighted by Gasteiger charge is -1.96. The van der Waals surface area contributed by atoms with E-state index >= 15 is 0 Å². The summed E-state index contributed by atoms with van der Waals surface area (Å²) in [4.78, 5) is 9.17. The lowest BCUT2D eigenvalue weighted by atomic mass is 10.3. The molecule has 5 nitrogen and oxygen atoms in total. The number of nitrogens with zero attached hydrogens (tertiary/aromatic N) is 4. The highest BCUT2D eigenvalue weighted by atomic mass is 15.1. The van der Waals surface area contributed by atoms with Gasteiger partial charge in [0.15, 0.2) is 0 Å². The fourth-order valence-electron chi connectivity index (χ4n) is 2.40. The Morgan fingerprint density at radius 1 is 1.05 bits per heavy atom. The molecule has 0 amide bonds. The molecule has 4 aromatic rings. The van der Waals surface area contributed by atoms with Crippen molar-refractivity contribution in [2.45, 2.75) is 6.92 Å². The predicted octanol–water partition coefficient (Wildman–Crippen LogP) is 2.54. The van der Waals surface area contributed by atoms with E-state index < -0.39 is 0 Å². The molecule has 98 valence electrons. The van der Waals surface area contributed by atoms with Crippen LogP contribution in [0.5, 0.6) is 0 Å². The molecule has 4 heterocycles. The predicted molar refractivity (Wildman–Crippen MR) is 78.5 cm³/mol. The highest BCUT2D eigenvalue weighted by Gasteiger charge is 2.14. The molecule has 0 saturated heterocycles. The van der Waals surface area contributed by atoms with Gasteiger partial charge >= 0.3 is 0 Å². The van der Waals surface area contributed by atoms with Gasteiger partial charge in [-0.05, 0) is 36.8 Å². The van der Waals surface area contributed by atoms with Gasteiger partial charge in [-0.3, -0.25) is 4.40 Å². The summed E-state index contributed by atoms with van der Waals surface area (Å²) >= 11 is 0. The van der Waals surface area contributed by atoms with Crippen LogP contribution >= 0.6 is 0 Å². The van der Waals surface area contributed by atoms with Crippen LogP contribution in [0, 0.1) is 6.92 Å². The lowest BCUT2D eigenvalue weighted by Crippen LogP contribution is -1.94. The zero-order chi connectivity index (χ0) is 13.7. The standard InChI is InChI=1S/C15H13N5/c1-10-5-7-20-13(8-10)18-14(15(20)16)11-9-19-6-3-2-4-12(19)17-11/h2-9H,16H2,1H3. The third-order valence-electron chi connectivity index (χ3n) is 3.43. The first-order chi connectivity index (χ1) is 9.72. The molecule has 4 aromatic heterocycles. The maximum absolute atomic E-state index is 6.19. The number of anilines is 1. The van der Waals surface area contributed by atoms with Gasteiger partial charge in [-0.25, -0.2) is 9.97 Å². The van der Waals surface area contributed by atoms with Crippen molar-refractivity contribution >= 4 is 17.1 Å². The lowest BCUT2D eigenvalue weighted by molar-refractivity contribution is 1.18. The second kappa shape index (κ2) is 3.84. The van der Waals surface area contributed by atoms with Crippen molar-refractivity contribution in [3.8, 4) is 11.4 Å². The van der Waals surface area contributed by atoms with Crippen LogP contribution < -0.4 is 5.73 Å². The van der Waals surface area contributed by atoms with Crippen molar-refractivity contribution in [1.29, 1.82) is 0 Å². The number of aromatic nitrogens is 4. The molecule has 0 spiro atoms. The van der Waals surface area contributed by atoms with Crippen molar-refractivity contribution in [1.82, 2.24) is 18.8 Å². The van der Waals surface area contributed by atoms with E-state index in [9.17, 15) is 0 Å². The molecule has 5 heteroatoms. The number of rotatable bonds is 1. The largest absolute Gasteiger partial charge is 0.383 e. The molecule has 20 heavy (non-hydrogen) atoms. The molecule has 0 radical (unpaired) electrons. The Morgan fingerprint density at radius 2 is 1.95 bits per heavy atom. The first-order valence-electron chi connectivity index (χ1n) is 6.41. The van der Waals surface area contributed by atoms with Crippen molar-refractivity contribution in [2.75, 3.05) is 5.73 Å². The van der Waals surface area contributed by atoms with E-state index in [2.05, 4.69) is 9.97 Å².